The Balaban J connectivity index is 1.98. The van der Waals surface area contributed by atoms with Crippen molar-refractivity contribution in [2.75, 3.05) is 0 Å². The molecule has 3 rings (SSSR count). The number of nitrogens with zero attached hydrogens (tertiary/aromatic N) is 2. The molecule has 17 heavy (non-hydrogen) atoms. The zero-order valence-electron chi connectivity index (χ0n) is 8.18. The summed E-state index contributed by atoms with van der Waals surface area (Å²) in [4.78, 5) is 0. The molecule has 0 N–H and O–H groups in total. The van der Waals surface area contributed by atoms with Gasteiger partial charge < -0.3 is 13.3 Å². The molecule has 0 aliphatic heterocycles. The van der Waals surface area contributed by atoms with E-state index in [1.54, 1.807) is 24.3 Å². The van der Waals surface area contributed by atoms with Crippen molar-refractivity contribution in [2.24, 2.45) is 0 Å². The highest BCUT2D eigenvalue weighted by molar-refractivity contribution is 9.10. The fraction of sp³-hybridized carbons (Fsp3) is 0. The minimum absolute atomic E-state index is 0.304. The molecule has 0 aliphatic rings. The van der Waals surface area contributed by atoms with Crippen molar-refractivity contribution in [2.45, 2.75) is 0 Å². The maximum absolute atomic E-state index is 5.43. The average Bonchev–Trinajstić information content (AvgIpc) is 2.96. The fourth-order valence-corrected chi connectivity index (χ4v) is 1.89. The molecule has 3 aromatic heterocycles. The highest BCUT2D eigenvalue weighted by Gasteiger charge is 2.15. The van der Waals surface area contributed by atoms with Gasteiger partial charge in [-0.3, -0.25) is 0 Å². The number of hydrogen-bond donors (Lipinski definition) is 0. The first kappa shape index (κ1) is 10.8. The number of halogens is 2. The lowest BCUT2D eigenvalue weighted by Gasteiger charge is -1.87. The van der Waals surface area contributed by atoms with Crippen molar-refractivity contribution >= 4 is 31.9 Å². The molecule has 3 heterocycles. The quantitative estimate of drug-likeness (QED) is 0.688. The molecule has 0 saturated heterocycles. The van der Waals surface area contributed by atoms with Crippen LogP contribution in [0, 0.1) is 0 Å². The van der Waals surface area contributed by atoms with Crippen LogP contribution in [0.3, 0.4) is 0 Å². The summed E-state index contributed by atoms with van der Waals surface area (Å²) in [5, 5.41) is 7.76. The Morgan fingerprint density at radius 2 is 1.18 bits per heavy atom. The van der Waals surface area contributed by atoms with Crippen LogP contribution < -0.4 is 0 Å². The molecule has 0 aromatic carbocycles. The Kier molecular flexibility index (Phi) is 2.64. The number of aromatic nitrogens is 2. The first-order chi connectivity index (χ1) is 8.22. The first-order valence-corrected chi connectivity index (χ1v) is 6.16. The second-order valence-electron chi connectivity index (χ2n) is 3.12. The lowest BCUT2D eigenvalue weighted by Crippen LogP contribution is -1.72. The molecular formula is C10H4Br2N2O3. The highest BCUT2D eigenvalue weighted by atomic mass is 79.9. The molecule has 0 atom stereocenters. The van der Waals surface area contributed by atoms with E-state index in [0.717, 1.165) is 0 Å². The molecule has 0 saturated carbocycles. The zero-order chi connectivity index (χ0) is 11.8. The molecule has 7 heteroatoms. The van der Waals surface area contributed by atoms with Gasteiger partial charge in [0.05, 0.1) is 0 Å². The fourth-order valence-electron chi connectivity index (χ4n) is 1.28. The number of rotatable bonds is 2. The first-order valence-electron chi connectivity index (χ1n) is 4.57. The normalized spacial score (nSPS) is 10.9. The summed E-state index contributed by atoms with van der Waals surface area (Å²) in [5.41, 5.74) is 0. The van der Waals surface area contributed by atoms with Gasteiger partial charge in [0.2, 0.25) is 0 Å². The predicted octanol–water partition coefficient (Wildman–Crippen LogP) is 4.11. The van der Waals surface area contributed by atoms with Crippen LogP contribution in [0.25, 0.3) is 23.3 Å². The maximum atomic E-state index is 5.43. The standard InChI is InChI=1S/C10H4Br2N2O3/c11-7-3-1-5(15-7)9-13-14-10(17-9)6-2-4-8(12)16-6/h1-4H. The maximum Gasteiger partial charge on any atom is 0.284 e. The summed E-state index contributed by atoms with van der Waals surface area (Å²) in [6.45, 7) is 0. The molecule has 86 valence electrons. The van der Waals surface area contributed by atoms with E-state index >= 15 is 0 Å². The Morgan fingerprint density at radius 1 is 0.706 bits per heavy atom. The van der Waals surface area contributed by atoms with Crippen molar-refractivity contribution in [3.05, 3.63) is 33.6 Å². The minimum Gasteiger partial charge on any atom is -0.444 e. The summed E-state index contributed by atoms with van der Waals surface area (Å²) in [6.07, 6.45) is 0. The van der Waals surface area contributed by atoms with Gasteiger partial charge in [0.15, 0.2) is 20.9 Å². The largest absolute Gasteiger partial charge is 0.444 e. The van der Waals surface area contributed by atoms with Gasteiger partial charge in [-0.05, 0) is 56.1 Å². The van der Waals surface area contributed by atoms with E-state index in [0.29, 0.717) is 32.6 Å². The zero-order valence-corrected chi connectivity index (χ0v) is 11.4. The summed E-state index contributed by atoms with van der Waals surface area (Å²) >= 11 is 6.41. The van der Waals surface area contributed by atoms with Crippen LogP contribution in [0.5, 0.6) is 0 Å². The molecule has 0 aliphatic carbocycles. The van der Waals surface area contributed by atoms with Crippen molar-refractivity contribution < 1.29 is 13.3 Å². The molecule has 0 bridgehead atoms. The molecule has 0 spiro atoms. The SMILES string of the molecule is Brc1ccc(-c2nnc(-c3ccc(Br)o3)o2)o1. The van der Waals surface area contributed by atoms with Gasteiger partial charge in [0.1, 0.15) is 0 Å². The Labute approximate surface area is 112 Å². The van der Waals surface area contributed by atoms with E-state index in [4.69, 9.17) is 13.3 Å². The Bertz CT molecular complexity index is 601. The van der Waals surface area contributed by atoms with Crippen molar-refractivity contribution in [1.82, 2.24) is 10.2 Å². The van der Waals surface area contributed by atoms with E-state index in [2.05, 4.69) is 42.1 Å². The van der Waals surface area contributed by atoms with E-state index in [9.17, 15) is 0 Å². The molecule has 0 unspecified atom stereocenters. The summed E-state index contributed by atoms with van der Waals surface area (Å²) < 4.78 is 17.2. The van der Waals surface area contributed by atoms with Gasteiger partial charge in [-0.1, -0.05) is 0 Å². The third-order valence-corrected chi connectivity index (χ3v) is 2.85. The van der Waals surface area contributed by atoms with Crippen LogP contribution >= 0.6 is 31.9 Å². The van der Waals surface area contributed by atoms with Crippen LogP contribution in [0.2, 0.25) is 0 Å². The van der Waals surface area contributed by atoms with Gasteiger partial charge >= 0.3 is 0 Å². The van der Waals surface area contributed by atoms with Gasteiger partial charge in [-0.15, -0.1) is 10.2 Å². The van der Waals surface area contributed by atoms with Crippen LogP contribution in [0.15, 0.2) is 46.9 Å². The summed E-state index contributed by atoms with van der Waals surface area (Å²) in [5.74, 6) is 1.61. The van der Waals surface area contributed by atoms with Crippen LogP contribution in [-0.4, -0.2) is 10.2 Å². The van der Waals surface area contributed by atoms with Crippen molar-refractivity contribution in [1.29, 1.82) is 0 Å². The van der Waals surface area contributed by atoms with E-state index in [1.807, 2.05) is 0 Å². The Morgan fingerprint density at radius 3 is 1.53 bits per heavy atom. The minimum atomic E-state index is 0.304. The third kappa shape index (κ3) is 2.07. The highest BCUT2D eigenvalue weighted by Crippen LogP contribution is 2.28. The number of hydrogen-bond acceptors (Lipinski definition) is 5. The van der Waals surface area contributed by atoms with E-state index in [-0.39, 0.29) is 0 Å². The lowest BCUT2D eigenvalue weighted by atomic mass is 10.4. The smallest absolute Gasteiger partial charge is 0.284 e. The van der Waals surface area contributed by atoms with E-state index < -0.39 is 0 Å². The molecule has 5 nitrogen and oxygen atoms in total. The van der Waals surface area contributed by atoms with E-state index in [1.165, 1.54) is 0 Å². The van der Waals surface area contributed by atoms with Crippen LogP contribution in [-0.2, 0) is 0 Å². The van der Waals surface area contributed by atoms with Crippen LogP contribution in [0.1, 0.15) is 0 Å². The second-order valence-corrected chi connectivity index (χ2v) is 4.68. The molecule has 0 amide bonds. The monoisotopic (exact) mass is 358 g/mol. The third-order valence-electron chi connectivity index (χ3n) is 1.99. The van der Waals surface area contributed by atoms with Gasteiger partial charge in [-0.2, -0.15) is 0 Å². The number of furan rings is 2. The average molecular weight is 360 g/mol. The predicted molar refractivity (Wildman–Crippen MR) is 65.1 cm³/mol. The van der Waals surface area contributed by atoms with Crippen molar-refractivity contribution in [3.8, 4) is 23.3 Å². The Hall–Kier alpha value is -1.34. The molecule has 3 aromatic rings. The summed E-state index contributed by atoms with van der Waals surface area (Å²) in [7, 11) is 0. The van der Waals surface area contributed by atoms with Crippen LogP contribution in [0.4, 0.5) is 0 Å². The van der Waals surface area contributed by atoms with Gasteiger partial charge in [0, 0.05) is 0 Å². The summed E-state index contributed by atoms with van der Waals surface area (Å²) in [6, 6.07) is 6.98. The molecular weight excluding hydrogens is 356 g/mol. The van der Waals surface area contributed by atoms with Gasteiger partial charge in [0.25, 0.3) is 11.8 Å². The topological polar surface area (TPSA) is 65.2 Å². The molecule has 0 fully saturated rings. The van der Waals surface area contributed by atoms with Crippen molar-refractivity contribution in [3.63, 3.8) is 0 Å². The lowest BCUT2D eigenvalue weighted by molar-refractivity contribution is 0.488. The van der Waals surface area contributed by atoms with Gasteiger partial charge in [-0.25, -0.2) is 0 Å². The second kappa shape index (κ2) is 4.15. The molecule has 0 radical (unpaired) electrons.